The number of carbonyl (C=O) groups excluding carboxylic acids is 1. The molecular formula is C16H18BNO5S. The van der Waals surface area contributed by atoms with Gasteiger partial charge in [0.1, 0.15) is 0 Å². The Morgan fingerprint density at radius 1 is 1.12 bits per heavy atom. The lowest BCUT2D eigenvalue weighted by Gasteiger charge is -2.18. The van der Waals surface area contributed by atoms with E-state index >= 15 is 0 Å². The minimum Gasteiger partial charge on any atom is -0.426 e. The fraction of sp³-hybridized carbons (Fsp3) is 0.188. The Balaban J connectivity index is 2.24. The van der Waals surface area contributed by atoms with Crippen molar-refractivity contribution in [1.29, 1.82) is 0 Å². The second-order valence-corrected chi connectivity index (χ2v) is 7.13. The molecule has 0 saturated carbocycles. The molecule has 2 rings (SSSR count). The van der Waals surface area contributed by atoms with Gasteiger partial charge in [-0.15, -0.1) is 0 Å². The summed E-state index contributed by atoms with van der Waals surface area (Å²) in [5.41, 5.74) is 1.03. The normalized spacial score (nSPS) is 12.6. The van der Waals surface area contributed by atoms with Crippen LogP contribution >= 0.6 is 0 Å². The molecule has 126 valence electrons. The molecule has 2 aromatic rings. The number of ketones is 1. The van der Waals surface area contributed by atoms with E-state index in [0.29, 0.717) is 0 Å². The quantitative estimate of drug-likeness (QED) is 0.508. The van der Waals surface area contributed by atoms with Crippen molar-refractivity contribution in [2.45, 2.75) is 24.2 Å². The van der Waals surface area contributed by atoms with Crippen molar-refractivity contribution in [3.8, 4) is 0 Å². The van der Waals surface area contributed by atoms with Crippen molar-refractivity contribution >= 4 is 22.9 Å². The van der Waals surface area contributed by atoms with Crippen LogP contribution in [0.4, 0.5) is 0 Å². The van der Waals surface area contributed by atoms with Gasteiger partial charge in [-0.1, -0.05) is 42.5 Å². The highest BCUT2D eigenvalue weighted by Crippen LogP contribution is 2.14. The van der Waals surface area contributed by atoms with Crippen molar-refractivity contribution in [2.24, 2.45) is 0 Å². The van der Waals surface area contributed by atoms with E-state index < -0.39 is 23.1 Å². The van der Waals surface area contributed by atoms with Gasteiger partial charge in [-0.25, -0.2) is 13.1 Å². The van der Waals surface area contributed by atoms with E-state index in [-0.39, 0.29) is 22.7 Å². The summed E-state index contributed by atoms with van der Waals surface area (Å²) in [6.07, 6.45) is 0.115. The summed E-state index contributed by atoms with van der Waals surface area (Å²) in [5, 5.41) is 19.0. The van der Waals surface area contributed by atoms with Gasteiger partial charge in [-0.3, -0.25) is 4.79 Å². The van der Waals surface area contributed by atoms with Gasteiger partial charge in [0.15, 0.2) is 5.78 Å². The molecule has 0 amide bonds. The van der Waals surface area contributed by atoms with Gasteiger partial charge in [0, 0.05) is 5.56 Å². The number of hydrogen-bond donors (Lipinski definition) is 3. The lowest BCUT2D eigenvalue weighted by atomic mass is 9.77. The van der Waals surface area contributed by atoms with Crippen LogP contribution in [-0.2, 0) is 16.4 Å². The number of sulfonamides is 1. The van der Waals surface area contributed by atoms with Gasteiger partial charge in [-0.05, 0) is 31.0 Å². The van der Waals surface area contributed by atoms with Gasteiger partial charge in [-0.2, -0.15) is 0 Å². The van der Waals surface area contributed by atoms with Crippen LogP contribution in [0.5, 0.6) is 0 Å². The Bertz CT molecular complexity index is 808. The van der Waals surface area contributed by atoms with Crippen LogP contribution < -0.4 is 4.72 Å². The Hall–Kier alpha value is -2.00. The Kier molecular flexibility index (Phi) is 5.90. The molecule has 0 aliphatic heterocycles. The topological polar surface area (TPSA) is 104 Å². The second-order valence-electron chi connectivity index (χ2n) is 5.42. The van der Waals surface area contributed by atoms with Crippen LogP contribution in [0.25, 0.3) is 0 Å². The minimum absolute atomic E-state index is 0.103. The fourth-order valence-corrected chi connectivity index (χ4v) is 3.51. The molecule has 0 aliphatic rings. The van der Waals surface area contributed by atoms with Gasteiger partial charge in [0.25, 0.3) is 0 Å². The molecule has 0 bridgehead atoms. The number of benzene rings is 2. The van der Waals surface area contributed by atoms with Crippen molar-refractivity contribution in [1.82, 2.24) is 4.72 Å². The summed E-state index contributed by atoms with van der Waals surface area (Å²) < 4.78 is 27.2. The van der Waals surface area contributed by atoms with Gasteiger partial charge in [0.05, 0.1) is 10.8 Å². The maximum absolute atomic E-state index is 12.5. The first-order valence-electron chi connectivity index (χ1n) is 7.33. The molecule has 0 heterocycles. The third-order valence-electron chi connectivity index (χ3n) is 3.52. The third kappa shape index (κ3) is 4.75. The van der Waals surface area contributed by atoms with E-state index in [9.17, 15) is 23.3 Å². The highest BCUT2D eigenvalue weighted by atomic mass is 32.2. The Morgan fingerprint density at radius 2 is 1.79 bits per heavy atom. The molecule has 0 aromatic heterocycles. The van der Waals surface area contributed by atoms with Gasteiger partial charge >= 0.3 is 7.12 Å². The third-order valence-corrected chi connectivity index (χ3v) is 5.00. The number of hydrogen-bond acceptors (Lipinski definition) is 5. The zero-order valence-electron chi connectivity index (χ0n) is 13.1. The summed E-state index contributed by atoms with van der Waals surface area (Å²) in [4.78, 5) is 11.3. The maximum Gasteiger partial charge on any atom is 0.471 e. The molecule has 0 spiro atoms. The largest absolute Gasteiger partial charge is 0.471 e. The van der Waals surface area contributed by atoms with E-state index in [2.05, 4.69) is 4.72 Å². The lowest BCUT2D eigenvalue weighted by molar-refractivity contribution is 0.101. The molecule has 0 aliphatic carbocycles. The number of rotatable bonds is 7. The average molecular weight is 347 g/mol. The highest BCUT2D eigenvalue weighted by molar-refractivity contribution is 7.89. The molecule has 0 saturated heterocycles. The molecule has 0 fully saturated rings. The second kappa shape index (κ2) is 7.72. The van der Waals surface area contributed by atoms with E-state index in [0.717, 1.165) is 5.56 Å². The van der Waals surface area contributed by atoms with Crippen LogP contribution in [-0.4, -0.2) is 37.3 Å². The summed E-state index contributed by atoms with van der Waals surface area (Å²) >= 11 is 0. The fourth-order valence-electron chi connectivity index (χ4n) is 2.23. The van der Waals surface area contributed by atoms with Crippen LogP contribution in [0.1, 0.15) is 22.8 Å². The molecule has 1 unspecified atom stereocenters. The summed E-state index contributed by atoms with van der Waals surface area (Å²) in [6, 6.07) is 14.5. The monoisotopic (exact) mass is 347 g/mol. The first kappa shape index (κ1) is 18.3. The maximum atomic E-state index is 12.5. The Labute approximate surface area is 141 Å². The van der Waals surface area contributed by atoms with Crippen LogP contribution in [0, 0.1) is 0 Å². The number of nitrogens with one attached hydrogen (secondary N) is 1. The van der Waals surface area contributed by atoms with Crippen LogP contribution in [0.3, 0.4) is 0 Å². The van der Waals surface area contributed by atoms with Crippen molar-refractivity contribution in [3.63, 3.8) is 0 Å². The highest BCUT2D eigenvalue weighted by Gasteiger charge is 2.29. The van der Waals surface area contributed by atoms with Crippen molar-refractivity contribution < 1.29 is 23.3 Å². The lowest BCUT2D eigenvalue weighted by Crippen LogP contribution is -2.47. The zero-order valence-corrected chi connectivity index (χ0v) is 13.9. The molecule has 0 radical (unpaired) electrons. The standard InChI is InChI=1S/C16H18BNO5S/c1-12(19)14-8-5-9-15(11-14)24(22,23)18-16(17(20)21)10-13-6-3-2-4-7-13/h2-9,11,16,18,20-21H,10H2,1H3. The van der Waals surface area contributed by atoms with Crippen LogP contribution in [0.15, 0.2) is 59.5 Å². The van der Waals surface area contributed by atoms with Gasteiger partial charge in [0.2, 0.25) is 10.0 Å². The molecule has 24 heavy (non-hydrogen) atoms. The molecule has 6 nitrogen and oxygen atoms in total. The van der Waals surface area contributed by atoms with E-state index in [1.54, 1.807) is 24.3 Å². The SMILES string of the molecule is CC(=O)c1cccc(S(=O)(=O)NC(Cc2ccccc2)B(O)O)c1. The molecule has 3 N–H and O–H groups in total. The summed E-state index contributed by atoms with van der Waals surface area (Å²) in [6.45, 7) is 1.34. The van der Waals surface area contributed by atoms with E-state index in [1.165, 1.54) is 31.2 Å². The molecule has 8 heteroatoms. The summed E-state index contributed by atoms with van der Waals surface area (Å²) in [5.74, 6) is -1.37. The molecular weight excluding hydrogens is 329 g/mol. The first-order chi connectivity index (χ1) is 11.3. The first-order valence-corrected chi connectivity index (χ1v) is 8.81. The minimum atomic E-state index is -4.00. The molecule has 2 aromatic carbocycles. The summed E-state index contributed by atoms with van der Waals surface area (Å²) in [7, 11) is -5.87. The number of Topliss-reactive ketones (excluding diaryl/α,β-unsaturated/α-hetero) is 1. The predicted molar refractivity (Wildman–Crippen MR) is 90.9 cm³/mol. The van der Waals surface area contributed by atoms with Crippen molar-refractivity contribution in [2.75, 3.05) is 0 Å². The van der Waals surface area contributed by atoms with E-state index in [4.69, 9.17) is 0 Å². The van der Waals surface area contributed by atoms with Gasteiger partial charge < -0.3 is 10.0 Å². The predicted octanol–water partition coefficient (Wildman–Crippen LogP) is 0.791. The van der Waals surface area contributed by atoms with Crippen molar-refractivity contribution in [3.05, 3.63) is 65.7 Å². The zero-order chi connectivity index (χ0) is 17.7. The smallest absolute Gasteiger partial charge is 0.426 e. The Morgan fingerprint density at radius 3 is 2.38 bits per heavy atom. The molecule has 1 atom stereocenters. The van der Waals surface area contributed by atoms with Crippen LogP contribution in [0.2, 0.25) is 0 Å². The number of carbonyl (C=O) groups is 1. The van der Waals surface area contributed by atoms with E-state index in [1.807, 2.05) is 6.07 Å². The average Bonchev–Trinajstić information content (AvgIpc) is 2.55.